The van der Waals surface area contributed by atoms with Gasteiger partial charge in [-0.1, -0.05) is 0 Å². The van der Waals surface area contributed by atoms with Crippen molar-refractivity contribution in [2.24, 2.45) is 5.73 Å². The van der Waals surface area contributed by atoms with Gasteiger partial charge in [0.05, 0.1) is 0 Å². The fraction of sp³-hybridized carbons (Fsp3) is 1.00. The number of hydrogen-bond acceptors (Lipinski definition) is 2. The molecular weight excluding hydrogens is 151 g/mol. The summed E-state index contributed by atoms with van der Waals surface area (Å²) in [6, 6.07) is 0. The van der Waals surface area contributed by atoms with Gasteiger partial charge in [0.1, 0.15) is 5.54 Å². The van der Waals surface area contributed by atoms with Crippen molar-refractivity contribution in [2.75, 3.05) is 11.5 Å². The van der Waals surface area contributed by atoms with Crippen LogP contribution in [0.15, 0.2) is 0 Å². The highest BCUT2D eigenvalue weighted by Gasteiger charge is 2.56. The van der Waals surface area contributed by atoms with Gasteiger partial charge < -0.3 is 5.73 Å². The first-order valence-electron chi connectivity index (χ1n) is 2.39. The van der Waals surface area contributed by atoms with Crippen LogP contribution in [0.1, 0.15) is 0 Å². The quantitative estimate of drug-likeness (QED) is 0.567. The standard InChI is InChI=1S/C4H6F3NS/c5-4(6,7)3(8)1-9-2-3/h1-2,8H2. The zero-order valence-corrected chi connectivity index (χ0v) is 5.35. The molecule has 2 N–H and O–H groups in total. The fourth-order valence-electron chi connectivity index (χ4n) is 0.486. The Kier molecular flexibility index (Phi) is 1.43. The summed E-state index contributed by atoms with van der Waals surface area (Å²) >= 11 is 1.23. The van der Waals surface area contributed by atoms with E-state index < -0.39 is 11.7 Å². The van der Waals surface area contributed by atoms with E-state index in [0.29, 0.717) is 0 Å². The van der Waals surface area contributed by atoms with Gasteiger partial charge in [-0.25, -0.2) is 0 Å². The molecule has 54 valence electrons. The third-order valence-corrected chi connectivity index (χ3v) is 2.72. The van der Waals surface area contributed by atoms with Crippen molar-refractivity contribution in [3.63, 3.8) is 0 Å². The molecule has 0 aromatic rings. The van der Waals surface area contributed by atoms with E-state index in [9.17, 15) is 13.2 Å². The molecule has 5 heteroatoms. The van der Waals surface area contributed by atoms with Crippen molar-refractivity contribution in [3.8, 4) is 0 Å². The summed E-state index contributed by atoms with van der Waals surface area (Å²) in [7, 11) is 0. The average Bonchev–Trinajstić information content (AvgIpc) is 1.57. The van der Waals surface area contributed by atoms with Crippen LogP contribution in [0.3, 0.4) is 0 Å². The number of hydrogen-bond donors (Lipinski definition) is 1. The predicted molar refractivity (Wildman–Crippen MR) is 30.3 cm³/mol. The third kappa shape index (κ3) is 1.03. The Hall–Kier alpha value is 0.100. The summed E-state index contributed by atoms with van der Waals surface area (Å²) < 4.78 is 35.2. The van der Waals surface area contributed by atoms with E-state index in [4.69, 9.17) is 5.73 Å². The number of rotatable bonds is 0. The Labute approximate surface area is 54.8 Å². The van der Waals surface area contributed by atoms with E-state index in [2.05, 4.69) is 0 Å². The van der Waals surface area contributed by atoms with E-state index in [0.717, 1.165) is 0 Å². The van der Waals surface area contributed by atoms with Crippen molar-refractivity contribution in [1.82, 2.24) is 0 Å². The Balaban J connectivity index is 2.59. The van der Waals surface area contributed by atoms with Gasteiger partial charge in [0, 0.05) is 11.5 Å². The van der Waals surface area contributed by atoms with Crippen molar-refractivity contribution in [2.45, 2.75) is 11.7 Å². The third-order valence-electron chi connectivity index (χ3n) is 1.28. The minimum Gasteiger partial charge on any atom is -0.316 e. The molecule has 1 heterocycles. The van der Waals surface area contributed by atoms with E-state index in [1.807, 2.05) is 0 Å². The molecule has 0 atom stereocenters. The largest absolute Gasteiger partial charge is 0.407 e. The van der Waals surface area contributed by atoms with Crippen LogP contribution in [0.5, 0.6) is 0 Å². The van der Waals surface area contributed by atoms with Crippen LogP contribution in [0, 0.1) is 0 Å². The predicted octanol–water partition coefficient (Wildman–Crippen LogP) is 0.993. The number of thioether (sulfide) groups is 1. The molecule has 0 aromatic heterocycles. The molecule has 1 aliphatic rings. The second-order valence-corrected chi connectivity index (χ2v) is 3.13. The highest BCUT2D eigenvalue weighted by Crippen LogP contribution is 2.40. The van der Waals surface area contributed by atoms with Gasteiger partial charge in [0.2, 0.25) is 0 Å². The maximum Gasteiger partial charge on any atom is 0.407 e. The molecule has 0 radical (unpaired) electrons. The first-order chi connectivity index (χ1) is 3.96. The van der Waals surface area contributed by atoms with Crippen LogP contribution < -0.4 is 5.73 Å². The summed E-state index contributed by atoms with van der Waals surface area (Å²) in [6.07, 6.45) is -4.21. The minimum absolute atomic E-state index is 0.0104. The monoisotopic (exact) mass is 157 g/mol. The van der Waals surface area contributed by atoms with E-state index >= 15 is 0 Å². The highest BCUT2D eigenvalue weighted by molar-refractivity contribution is 8.00. The molecule has 0 bridgehead atoms. The zero-order valence-electron chi connectivity index (χ0n) is 4.53. The van der Waals surface area contributed by atoms with Gasteiger partial charge in [0.15, 0.2) is 0 Å². The van der Waals surface area contributed by atoms with Gasteiger partial charge in [-0.15, -0.1) is 0 Å². The van der Waals surface area contributed by atoms with Crippen LogP contribution >= 0.6 is 11.8 Å². The average molecular weight is 157 g/mol. The molecule has 9 heavy (non-hydrogen) atoms. The van der Waals surface area contributed by atoms with E-state index in [1.54, 1.807) is 0 Å². The normalized spacial score (nSPS) is 25.3. The van der Waals surface area contributed by atoms with Crippen LogP contribution in [0.25, 0.3) is 0 Å². The topological polar surface area (TPSA) is 26.0 Å². The fourth-order valence-corrected chi connectivity index (χ4v) is 1.46. The lowest BCUT2D eigenvalue weighted by molar-refractivity contribution is -0.175. The first-order valence-corrected chi connectivity index (χ1v) is 3.54. The van der Waals surface area contributed by atoms with Crippen molar-refractivity contribution < 1.29 is 13.2 Å². The van der Waals surface area contributed by atoms with Crippen LogP contribution in [-0.4, -0.2) is 23.2 Å². The van der Waals surface area contributed by atoms with Gasteiger partial charge in [-0.05, 0) is 0 Å². The summed E-state index contributed by atoms with van der Waals surface area (Å²) in [4.78, 5) is 0. The Bertz CT molecular complexity index is 117. The summed E-state index contributed by atoms with van der Waals surface area (Å²) in [5, 5.41) is 0. The lowest BCUT2D eigenvalue weighted by Gasteiger charge is -2.38. The smallest absolute Gasteiger partial charge is 0.316 e. The molecular formula is C4H6F3NS. The number of alkyl halides is 3. The van der Waals surface area contributed by atoms with Gasteiger partial charge >= 0.3 is 6.18 Å². The Morgan fingerprint density at radius 1 is 1.33 bits per heavy atom. The molecule has 0 aliphatic carbocycles. The highest BCUT2D eigenvalue weighted by atomic mass is 32.2. The molecule has 1 nitrogen and oxygen atoms in total. The Morgan fingerprint density at radius 3 is 1.78 bits per heavy atom. The lowest BCUT2D eigenvalue weighted by atomic mass is 10.1. The second-order valence-electron chi connectivity index (χ2n) is 2.15. The molecule has 1 rings (SSSR count). The summed E-state index contributed by atoms with van der Waals surface area (Å²) in [6.45, 7) is 0. The number of nitrogens with two attached hydrogens (primary N) is 1. The number of halogens is 3. The molecule has 1 fully saturated rings. The molecule has 0 saturated carbocycles. The Morgan fingerprint density at radius 2 is 1.78 bits per heavy atom. The SMILES string of the molecule is NC1(C(F)(F)F)CSC1. The minimum atomic E-state index is -4.21. The summed E-state index contributed by atoms with van der Waals surface area (Å²) in [5.74, 6) is 0.0208. The van der Waals surface area contributed by atoms with Crippen molar-refractivity contribution >= 4 is 11.8 Å². The van der Waals surface area contributed by atoms with Gasteiger partial charge in [-0.2, -0.15) is 24.9 Å². The van der Waals surface area contributed by atoms with Crippen molar-refractivity contribution in [3.05, 3.63) is 0 Å². The van der Waals surface area contributed by atoms with Crippen molar-refractivity contribution in [1.29, 1.82) is 0 Å². The van der Waals surface area contributed by atoms with E-state index in [-0.39, 0.29) is 11.5 Å². The van der Waals surface area contributed by atoms with Crippen LogP contribution in [0.2, 0.25) is 0 Å². The molecule has 0 aromatic carbocycles. The van der Waals surface area contributed by atoms with E-state index in [1.165, 1.54) is 11.8 Å². The zero-order chi connectivity index (χ0) is 7.12. The molecule has 1 saturated heterocycles. The maximum absolute atomic E-state index is 11.7. The maximum atomic E-state index is 11.7. The molecule has 0 amide bonds. The second kappa shape index (κ2) is 1.79. The molecule has 0 spiro atoms. The summed E-state index contributed by atoms with van der Waals surface area (Å²) in [5.41, 5.74) is 3.06. The van der Waals surface area contributed by atoms with Crippen LogP contribution in [0.4, 0.5) is 13.2 Å². The first kappa shape index (κ1) is 7.21. The molecule has 1 aliphatic heterocycles. The molecule has 0 unspecified atom stereocenters. The van der Waals surface area contributed by atoms with Gasteiger partial charge in [-0.3, -0.25) is 0 Å². The van der Waals surface area contributed by atoms with Gasteiger partial charge in [0.25, 0.3) is 0 Å². The lowest BCUT2D eigenvalue weighted by Crippen LogP contribution is -2.63. The van der Waals surface area contributed by atoms with Crippen LogP contribution in [-0.2, 0) is 0 Å².